The van der Waals surface area contributed by atoms with E-state index >= 15 is 0 Å². The lowest BCUT2D eigenvalue weighted by Crippen LogP contribution is -1.87. The molecule has 0 aliphatic carbocycles. The highest BCUT2D eigenvalue weighted by Crippen LogP contribution is 2.25. The summed E-state index contributed by atoms with van der Waals surface area (Å²) < 4.78 is 12.2. The number of hydrogen-bond acceptors (Lipinski definition) is 1. The molecule has 3 aromatic rings. The zero-order valence-electron chi connectivity index (χ0n) is 13.4. The molecule has 0 unspecified atom stereocenters. The van der Waals surface area contributed by atoms with Crippen molar-refractivity contribution in [2.45, 2.75) is 12.8 Å². The molecule has 0 bridgehead atoms. The van der Waals surface area contributed by atoms with Gasteiger partial charge in [0.05, 0.1) is 18.3 Å². The lowest BCUT2D eigenvalue weighted by atomic mass is 9.98. The summed E-state index contributed by atoms with van der Waals surface area (Å²) in [6, 6.07) is 26.4. The van der Waals surface area contributed by atoms with Gasteiger partial charge in [-0.05, 0) is 52.8 Å². The van der Waals surface area contributed by atoms with Crippen molar-refractivity contribution >= 4 is 0 Å². The molecule has 3 aromatic carbocycles. The van der Waals surface area contributed by atoms with Gasteiger partial charge in [0.2, 0.25) is 0 Å². The normalized spacial score (nSPS) is 10.3. The average molecular weight is 315 g/mol. The fourth-order valence-corrected chi connectivity index (χ4v) is 2.73. The van der Waals surface area contributed by atoms with E-state index in [1.807, 2.05) is 24.3 Å². The second kappa shape index (κ2) is 7.57. The van der Waals surface area contributed by atoms with E-state index < -0.39 is 0 Å². The van der Waals surface area contributed by atoms with Crippen molar-refractivity contribution in [3.63, 3.8) is 0 Å². The predicted octanol–water partition coefficient (Wildman–Crippen LogP) is 5.79. The molecule has 0 atom stereocenters. The summed E-state index contributed by atoms with van der Waals surface area (Å²) in [7, 11) is 0. The van der Waals surface area contributed by atoms with E-state index in [0.29, 0.717) is 12.0 Å². The van der Waals surface area contributed by atoms with Crippen LogP contribution < -0.4 is 0 Å². The summed E-state index contributed by atoms with van der Waals surface area (Å²) in [5, 5.41) is 8.86. The van der Waals surface area contributed by atoms with E-state index in [4.69, 9.17) is 5.26 Å². The van der Waals surface area contributed by atoms with Gasteiger partial charge in [-0.1, -0.05) is 60.7 Å². The van der Waals surface area contributed by atoms with Crippen LogP contribution in [0.1, 0.15) is 17.5 Å². The lowest BCUT2D eigenvalue weighted by molar-refractivity contribution is 0.473. The van der Waals surface area contributed by atoms with E-state index in [0.717, 1.165) is 28.7 Å². The van der Waals surface area contributed by atoms with Gasteiger partial charge in [-0.25, -0.2) is 0 Å². The zero-order valence-corrected chi connectivity index (χ0v) is 13.4. The SMILES string of the molecule is N#Cc1ccc(-c2ccc(-c3ccc(CCCF)cc3)cc2)cc1. The number of halogens is 1. The maximum Gasteiger partial charge on any atom is 0.0991 e. The quantitative estimate of drug-likeness (QED) is 0.584. The molecular weight excluding hydrogens is 297 g/mol. The van der Waals surface area contributed by atoms with Crippen molar-refractivity contribution in [1.29, 1.82) is 5.26 Å². The maximum absolute atomic E-state index is 12.2. The summed E-state index contributed by atoms with van der Waals surface area (Å²) in [4.78, 5) is 0. The molecule has 24 heavy (non-hydrogen) atoms. The first kappa shape index (κ1) is 16.0. The van der Waals surface area contributed by atoms with Crippen LogP contribution in [0.4, 0.5) is 4.39 Å². The fraction of sp³-hybridized carbons (Fsp3) is 0.136. The first-order valence-electron chi connectivity index (χ1n) is 8.06. The van der Waals surface area contributed by atoms with Gasteiger partial charge < -0.3 is 0 Å². The number of aryl methyl sites for hydroxylation is 1. The van der Waals surface area contributed by atoms with Crippen molar-refractivity contribution in [3.8, 4) is 28.3 Å². The molecule has 0 aliphatic rings. The van der Waals surface area contributed by atoms with Crippen LogP contribution in [0.5, 0.6) is 0 Å². The summed E-state index contributed by atoms with van der Waals surface area (Å²) in [5.41, 5.74) is 6.38. The molecule has 0 saturated heterocycles. The second-order valence-electron chi connectivity index (χ2n) is 5.76. The van der Waals surface area contributed by atoms with Gasteiger partial charge in [0.1, 0.15) is 0 Å². The first-order valence-corrected chi connectivity index (χ1v) is 8.06. The average Bonchev–Trinajstić information content (AvgIpc) is 2.67. The van der Waals surface area contributed by atoms with Gasteiger partial charge in [0, 0.05) is 0 Å². The number of nitrogens with zero attached hydrogens (tertiary/aromatic N) is 1. The van der Waals surface area contributed by atoms with Crippen LogP contribution in [0.15, 0.2) is 72.8 Å². The summed E-state index contributed by atoms with van der Waals surface area (Å²) in [5.74, 6) is 0. The molecule has 3 rings (SSSR count). The fourth-order valence-electron chi connectivity index (χ4n) is 2.73. The molecule has 0 saturated carbocycles. The Labute approximate surface area is 142 Å². The van der Waals surface area contributed by atoms with Crippen molar-refractivity contribution in [2.24, 2.45) is 0 Å². The highest BCUT2D eigenvalue weighted by molar-refractivity contribution is 5.70. The molecule has 0 heterocycles. The Balaban J connectivity index is 1.77. The number of hydrogen-bond donors (Lipinski definition) is 0. The molecule has 0 fully saturated rings. The minimum atomic E-state index is -0.265. The van der Waals surface area contributed by atoms with E-state index in [1.54, 1.807) is 0 Å². The van der Waals surface area contributed by atoms with Crippen molar-refractivity contribution in [3.05, 3.63) is 83.9 Å². The Morgan fingerprint density at radius 1 is 0.667 bits per heavy atom. The third kappa shape index (κ3) is 3.70. The third-order valence-corrected chi connectivity index (χ3v) is 4.12. The molecule has 0 amide bonds. The summed E-state index contributed by atoms with van der Waals surface area (Å²) >= 11 is 0. The molecule has 2 heteroatoms. The highest BCUT2D eigenvalue weighted by Gasteiger charge is 2.01. The van der Waals surface area contributed by atoms with Gasteiger partial charge in [0.25, 0.3) is 0 Å². The van der Waals surface area contributed by atoms with Gasteiger partial charge in [-0.2, -0.15) is 5.26 Å². The molecule has 118 valence electrons. The van der Waals surface area contributed by atoms with Gasteiger partial charge in [-0.3, -0.25) is 4.39 Å². The molecule has 0 spiro atoms. The van der Waals surface area contributed by atoms with E-state index in [9.17, 15) is 4.39 Å². The van der Waals surface area contributed by atoms with Gasteiger partial charge in [-0.15, -0.1) is 0 Å². The van der Waals surface area contributed by atoms with Crippen LogP contribution in [0.2, 0.25) is 0 Å². The monoisotopic (exact) mass is 315 g/mol. The Bertz CT molecular complexity index is 825. The molecule has 1 nitrogen and oxygen atoms in total. The summed E-state index contributed by atoms with van der Waals surface area (Å²) in [6.07, 6.45) is 1.37. The van der Waals surface area contributed by atoms with Crippen LogP contribution in [0.25, 0.3) is 22.3 Å². The van der Waals surface area contributed by atoms with Crippen molar-refractivity contribution in [2.75, 3.05) is 6.67 Å². The largest absolute Gasteiger partial charge is 0.251 e. The highest BCUT2D eigenvalue weighted by atomic mass is 19.1. The number of rotatable bonds is 5. The zero-order chi connectivity index (χ0) is 16.8. The Morgan fingerprint density at radius 3 is 1.50 bits per heavy atom. The predicted molar refractivity (Wildman–Crippen MR) is 96.3 cm³/mol. The van der Waals surface area contributed by atoms with E-state index in [-0.39, 0.29) is 6.67 Å². The van der Waals surface area contributed by atoms with E-state index in [2.05, 4.69) is 54.6 Å². The standard InChI is InChI=1S/C22H18FN/c23-15-1-2-17-3-7-19(8-4-17)21-11-13-22(14-12-21)20-9-5-18(16-24)6-10-20/h3-14H,1-2,15H2. The third-order valence-electron chi connectivity index (χ3n) is 4.12. The second-order valence-corrected chi connectivity index (χ2v) is 5.76. The number of alkyl halides is 1. The van der Waals surface area contributed by atoms with Crippen LogP contribution in [-0.4, -0.2) is 6.67 Å². The van der Waals surface area contributed by atoms with Crippen LogP contribution in [0.3, 0.4) is 0 Å². The Hall–Kier alpha value is -2.92. The minimum absolute atomic E-state index is 0.265. The lowest BCUT2D eigenvalue weighted by Gasteiger charge is -2.06. The van der Waals surface area contributed by atoms with E-state index in [1.165, 1.54) is 5.56 Å². The number of nitriles is 1. The van der Waals surface area contributed by atoms with Gasteiger partial charge in [0.15, 0.2) is 0 Å². The Morgan fingerprint density at radius 2 is 1.08 bits per heavy atom. The minimum Gasteiger partial charge on any atom is -0.251 e. The maximum atomic E-state index is 12.2. The molecule has 0 N–H and O–H groups in total. The number of benzene rings is 3. The van der Waals surface area contributed by atoms with Gasteiger partial charge >= 0.3 is 0 Å². The Kier molecular flexibility index (Phi) is 5.03. The van der Waals surface area contributed by atoms with Crippen LogP contribution >= 0.6 is 0 Å². The molecule has 0 aromatic heterocycles. The topological polar surface area (TPSA) is 23.8 Å². The smallest absolute Gasteiger partial charge is 0.0991 e. The molecule has 0 aliphatic heterocycles. The van der Waals surface area contributed by atoms with Crippen LogP contribution in [0, 0.1) is 11.3 Å². The van der Waals surface area contributed by atoms with Crippen LogP contribution in [-0.2, 0) is 6.42 Å². The summed E-state index contributed by atoms with van der Waals surface area (Å²) in [6.45, 7) is -0.265. The van der Waals surface area contributed by atoms with Crippen molar-refractivity contribution < 1.29 is 4.39 Å². The first-order chi connectivity index (χ1) is 11.8. The van der Waals surface area contributed by atoms with Crippen molar-refractivity contribution in [1.82, 2.24) is 0 Å². The molecule has 0 radical (unpaired) electrons. The molecular formula is C22H18FN.